The SMILES string of the molecule is CCCN(CC(=O)O)C(=O)NCC1CN(CC)CCO1. The molecule has 7 nitrogen and oxygen atoms in total. The van der Waals surface area contributed by atoms with E-state index in [2.05, 4.69) is 17.1 Å². The molecule has 2 N–H and O–H groups in total. The van der Waals surface area contributed by atoms with Gasteiger partial charge in [0, 0.05) is 26.2 Å². The minimum absolute atomic E-state index is 0.0269. The van der Waals surface area contributed by atoms with Gasteiger partial charge in [0.15, 0.2) is 0 Å². The highest BCUT2D eigenvalue weighted by Crippen LogP contribution is 2.04. The molecule has 0 aromatic carbocycles. The van der Waals surface area contributed by atoms with Crippen molar-refractivity contribution in [2.75, 3.05) is 45.9 Å². The van der Waals surface area contributed by atoms with Gasteiger partial charge < -0.3 is 20.1 Å². The summed E-state index contributed by atoms with van der Waals surface area (Å²) in [5, 5.41) is 11.5. The van der Waals surface area contributed by atoms with Crippen molar-refractivity contribution in [2.45, 2.75) is 26.4 Å². The predicted octanol–water partition coefficient (Wildman–Crippen LogP) is 0.213. The van der Waals surface area contributed by atoms with Crippen molar-refractivity contribution >= 4 is 12.0 Å². The van der Waals surface area contributed by atoms with Crippen LogP contribution >= 0.6 is 0 Å². The smallest absolute Gasteiger partial charge is 0.323 e. The van der Waals surface area contributed by atoms with Gasteiger partial charge >= 0.3 is 12.0 Å². The molecule has 0 radical (unpaired) electrons. The Hall–Kier alpha value is -1.34. The number of carbonyl (C=O) groups is 2. The summed E-state index contributed by atoms with van der Waals surface area (Å²) in [4.78, 5) is 26.2. The van der Waals surface area contributed by atoms with Crippen molar-refractivity contribution in [3.8, 4) is 0 Å². The lowest BCUT2D eigenvalue weighted by molar-refractivity contribution is -0.137. The summed E-state index contributed by atoms with van der Waals surface area (Å²) < 4.78 is 5.59. The molecule has 1 aliphatic rings. The quantitative estimate of drug-likeness (QED) is 0.699. The number of carbonyl (C=O) groups excluding carboxylic acids is 1. The van der Waals surface area contributed by atoms with Crippen LogP contribution in [-0.2, 0) is 9.53 Å². The van der Waals surface area contributed by atoms with Crippen LogP contribution < -0.4 is 5.32 Å². The minimum Gasteiger partial charge on any atom is -0.480 e. The molecule has 20 heavy (non-hydrogen) atoms. The maximum atomic E-state index is 11.9. The summed E-state index contributed by atoms with van der Waals surface area (Å²) in [7, 11) is 0. The summed E-state index contributed by atoms with van der Waals surface area (Å²) >= 11 is 0. The van der Waals surface area contributed by atoms with Crippen LogP contribution in [0.3, 0.4) is 0 Å². The summed E-state index contributed by atoms with van der Waals surface area (Å²) in [6, 6.07) is -0.341. The summed E-state index contributed by atoms with van der Waals surface area (Å²) in [6.07, 6.45) is 0.700. The van der Waals surface area contributed by atoms with E-state index in [-0.39, 0.29) is 18.7 Å². The van der Waals surface area contributed by atoms with Crippen molar-refractivity contribution in [3.63, 3.8) is 0 Å². The van der Waals surface area contributed by atoms with Crippen LogP contribution in [0.25, 0.3) is 0 Å². The van der Waals surface area contributed by atoms with E-state index in [1.807, 2.05) is 6.92 Å². The minimum atomic E-state index is -1.00. The number of urea groups is 1. The van der Waals surface area contributed by atoms with E-state index in [0.29, 0.717) is 19.7 Å². The summed E-state index contributed by atoms with van der Waals surface area (Å²) in [5.41, 5.74) is 0. The summed E-state index contributed by atoms with van der Waals surface area (Å²) in [6.45, 7) is 7.93. The second-order valence-corrected chi connectivity index (χ2v) is 4.89. The van der Waals surface area contributed by atoms with Crippen molar-refractivity contribution in [3.05, 3.63) is 0 Å². The standard InChI is InChI=1S/C13H25N3O4/c1-3-5-16(10-12(17)18)13(19)14-8-11-9-15(4-2)6-7-20-11/h11H,3-10H2,1-2H3,(H,14,19)(H,17,18). The van der Waals surface area contributed by atoms with Gasteiger partial charge in [-0.3, -0.25) is 9.69 Å². The van der Waals surface area contributed by atoms with Gasteiger partial charge in [-0.05, 0) is 13.0 Å². The average Bonchev–Trinajstić information content (AvgIpc) is 2.44. The first-order valence-electron chi connectivity index (χ1n) is 7.15. The second kappa shape index (κ2) is 8.76. The van der Waals surface area contributed by atoms with E-state index in [9.17, 15) is 9.59 Å². The average molecular weight is 287 g/mol. The van der Waals surface area contributed by atoms with Gasteiger partial charge in [0.2, 0.25) is 0 Å². The first-order valence-corrected chi connectivity index (χ1v) is 7.15. The number of ether oxygens (including phenoxy) is 1. The number of rotatable bonds is 7. The molecular formula is C13H25N3O4. The molecule has 0 aromatic heterocycles. The van der Waals surface area contributed by atoms with E-state index >= 15 is 0 Å². The zero-order chi connectivity index (χ0) is 15.0. The molecule has 2 amide bonds. The number of nitrogens with one attached hydrogen (secondary N) is 1. The van der Waals surface area contributed by atoms with E-state index in [1.165, 1.54) is 4.90 Å². The van der Waals surface area contributed by atoms with E-state index in [1.54, 1.807) is 0 Å². The lowest BCUT2D eigenvalue weighted by atomic mass is 10.2. The maximum Gasteiger partial charge on any atom is 0.323 e. The second-order valence-electron chi connectivity index (χ2n) is 4.89. The Morgan fingerprint density at radius 3 is 2.80 bits per heavy atom. The Labute approximate surface area is 119 Å². The van der Waals surface area contributed by atoms with Crippen LogP contribution in [0.5, 0.6) is 0 Å². The van der Waals surface area contributed by atoms with Crippen LogP contribution in [0.15, 0.2) is 0 Å². The Morgan fingerprint density at radius 1 is 1.45 bits per heavy atom. The molecule has 0 saturated carbocycles. The molecule has 0 aromatic rings. The Morgan fingerprint density at radius 2 is 2.20 bits per heavy atom. The van der Waals surface area contributed by atoms with Crippen LogP contribution in [0, 0.1) is 0 Å². The lowest BCUT2D eigenvalue weighted by Crippen LogP contribution is -2.50. The molecule has 0 aliphatic carbocycles. The maximum absolute atomic E-state index is 11.9. The number of carboxylic acids is 1. The Bertz CT molecular complexity index is 325. The van der Waals surface area contributed by atoms with Gasteiger partial charge in [-0.15, -0.1) is 0 Å². The van der Waals surface area contributed by atoms with Crippen molar-refractivity contribution in [1.82, 2.24) is 15.1 Å². The molecule has 7 heteroatoms. The number of hydrogen-bond acceptors (Lipinski definition) is 4. The highest BCUT2D eigenvalue weighted by Gasteiger charge is 2.21. The largest absolute Gasteiger partial charge is 0.480 e. The predicted molar refractivity (Wildman–Crippen MR) is 74.8 cm³/mol. The van der Waals surface area contributed by atoms with Gasteiger partial charge in [-0.2, -0.15) is 0 Å². The monoisotopic (exact) mass is 287 g/mol. The van der Waals surface area contributed by atoms with Crippen molar-refractivity contribution in [2.24, 2.45) is 0 Å². The van der Waals surface area contributed by atoms with Gasteiger partial charge in [0.05, 0.1) is 12.7 Å². The van der Waals surface area contributed by atoms with Crippen LogP contribution in [0.4, 0.5) is 4.79 Å². The molecule has 1 rings (SSSR count). The third kappa shape index (κ3) is 5.75. The normalized spacial score (nSPS) is 19.6. The molecule has 0 bridgehead atoms. The summed E-state index contributed by atoms with van der Waals surface area (Å²) in [5.74, 6) is -1.00. The van der Waals surface area contributed by atoms with Crippen LogP contribution in [-0.4, -0.2) is 78.9 Å². The number of morpholine rings is 1. The number of amides is 2. The van der Waals surface area contributed by atoms with Gasteiger partial charge in [0.25, 0.3) is 0 Å². The molecule has 1 unspecified atom stereocenters. The molecule has 1 aliphatic heterocycles. The number of aliphatic carboxylic acids is 1. The molecule has 1 fully saturated rings. The first-order chi connectivity index (χ1) is 9.56. The molecule has 1 atom stereocenters. The van der Waals surface area contributed by atoms with Gasteiger partial charge in [-0.1, -0.05) is 13.8 Å². The van der Waals surface area contributed by atoms with Gasteiger partial charge in [0.1, 0.15) is 6.54 Å². The van der Waals surface area contributed by atoms with Crippen LogP contribution in [0.2, 0.25) is 0 Å². The zero-order valence-corrected chi connectivity index (χ0v) is 12.3. The fraction of sp³-hybridized carbons (Fsp3) is 0.846. The van der Waals surface area contributed by atoms with Gasteiger partial charge in [-0.25, -0.2) is 4.79 Å². The highest BCUT2D eigenvalue weighted by atomic mass is 16.5. The Balaban J connectivity index is 2.37. The third-order valence-corrected chi connectivity index (χ3v) is 3.26. The fourth-order valence-electron chi connectivity index (χ4n) is 2.19. The molecule has 1 heterocycles. The topological polar surface area (TPSA) is 82.1 Å². The van der Waals surface area contributed by atoms with E-state index < -0.39 is 5.97 Å². The first kappa shape index (κ1) is 16.7. The highest BCUT2D eigenvalue weighted by molar-refractivity contribution is 5.80. The van der Waals surface area contributed by atoms with Crippen molar-refractivity contribution < 1.29 is 19.4 Å². The molecule has 1 saturated heterocycles. The molecule has 116 valence electrons. The van der Waals surface area contributed by atoms with Crippen molar-refractivity contribution in [1.29, 1.82) is 0 Å². The molecule has 0 spiro atoms. The number of nitrogens with zero attached hydrogens (tertiary/aromatic N) is 2. The van der Waals surface area contributed by atoms with E-state index in [4.69, 9.17) is 9.84 Å². The lowest BCUT2D eigenvalue weighted by Gasteiger charge is -2.32. The third-order valence-electron chi connectivity index (χ3n) is 3.26. The number of likely N-dealkylation sites (N-methyl/N-ethyl adjacent to an activating group) is 1. The number of hydrogen-bond donors (Lipinski definition) is 2. The van der Waals surface area contributed by atoms with Crippen LogP contribution in [0.1, 0.15) is 20.3 Å². The fourth-order valence-corrected chi connectivity index (χ4v) is 2.19. The molecular weight excluding hydrogens is 262 g/mol. The Kier molecular flexibility index (Phi) is 7.32. The zero-order valence-electron chi connectivity index (χ0n) is 12.3. The van der Waals surface area contributed by atoms with E-state index in [0.717, 1.165) is 26.1 Å². The number of carboxylic acid groups (broad SMARTS) is 1.